The summed E-state index contributed by atoms with van der Waals surface area (Å²) in [5.74, 6) is 0.906. The molecular weight excluding hydrogens is 164 g/mol. The number of hydrogen-bond donors (Lipinski definition) is 1. The van der Waals surface area contributed by atoms with E-state index in [1.807, 2.05) is 12.2 Å². The van der Waals surface area contributed by atoms with Crippen molar-refractivity contribution in [2.75, 3.05) is 13.2 Å². The SMILES string of the molecule is OCCOC1=CC=C(Cl)CC1. The van der Waals surface area contributed by atoms with Crippen molar-refractivity contribution in [3.05, 3.63) is 22.9 Å². The molecular formula is C8H11ClO2. The van der Waals surface area contributed by atoms with E-state index in [-0.39, 0.29) is 6.61 Å². The first-order valence-corrected chi connectivity index (χ1v) is 3.99. The van der Waals surface area contributed by atoms with Gasteiger partial charge in [0.05, 0.1) is 12.4 Å². The van der Waals surface area contributed by atoms with Crippen molar-refractivity contribution in [2.24, 2.45) is 0 Å². The fraction of sp³-hybridized carbons (Fsp3) is 0.500. The first-order chi connectivity index (χ1) is 5.33. The van der Waals surface area contributed by atoms with Crippen LogP contribution in [0.4, 0.5) is 0 Å². The molecule has 0 unspecified atom stereocenters. The smallest absolute Gasteiger partial charge is 0.111 e. The third-order valence-electron chi connectivity index (χ3n) is 1.44. The van der Waals surface area contributed by atoms with Gasteiger partial charge in [0.1, 0.15) is 6.61 Å². The zero-order valence-corrected chi connectivity index (χ0v) is 6.97. The van der Waals surface area contributed by atoms with E-state index in [4.69, 9.17) is 21.4 Å². The summed E-state index contributed by atoms with van der Waals surface area (Å²) < 4.78 is 5.19. The summed E-state index contributed by atoms with van der Waals surface area (Å²) in [5.41, 5.74) is 0. The Labute approximate surface area is 71.1 Å². The monoisotopic (exact) mass is 174 g/mol. The Balaban J connectivity index is 2.35. The zero-order valence-electron chi connectivity index (χ0n) is 6.22. The molecule has 1 aliphatic rings. The van der Waals surface area contributed by atoms with E-state index in [9.17, 15) is 0 Å². The van der Waals surface area contributed by atoms with E-state index in [1.165, 1.54) is 0 Å². The molecule has 1 aliphatic carbocycles. The lowest BCUT2D eigenvalue weighted by Crippen LogP contribution is -2.01. The Morgan fingerprint density at radius 2 is 2.27 bits per heavy atom. The van der Waals surface area contributed by atoms with Gasteiger partial charge in [0, 0.05) is 11.5 Å². The van der Waals surface area contributed by atoms with E-state index in [1.54, 1.807) is 0 Å². The maximum Gasteiger partial charge on any atom is 0.111 e. The molecule has 0 bridgehead atoms. The lowest BCUT2D eigenvalue weighted by atomic mass is 10.1. The van der Waals surface area contributed by atoms with E-state index in [0.29, 0.717) is 6.61 Å². The molecule has 0 aromatic rings. The topological polar surface area (TPSA) is 29.5 Å². The summed E-state index contributed by atoms with van der Waals surface area (Å²) in [7, 11) is 0. The summed E-state index contributed by atoms with van der Waals surface area (Å²) in [4.78, 5) is 0. The highest BCUT2D eigenvalue weighted by Crippen LogP contribution is 2.21. The number of halogens is 1. The lowest BCUT2D eigenvalue weighted by Gasteiger charge is -2.11. The molecule has 1 N–H and O–H groups in total. The molecule has 62 valence electrons. The van der Waals surface area contributed by atoms with Crippen molar-refractivity contribution in [1.82, 2.24) is 0 Å². The molecule has 0 saturated carbocycles. The minimum Gasteiger partial charge on any atom is -0.496 e. The lowest BCUT2D eigenvalue weighted by molar-refractivity contribution is 0.139. The first kappa shape index (κ1) is 8.62. The van der Waals surface area contributed by atoms with Crippen LogP contribution >= 0.6 is 11.6 Å². The number of aliphatic hydroxyl groups excluding tert-OH is 1. The molecule has 0 heterocycles. The second kappa shape index (κ2) is 4.42. The minimum atomic E-state index is 0.0643. The number of ether oxygens (including phenoxy) is 1. The number of hydrogen-bond acceptors (Lipinski definition) is 2. The van der Waals surface area contributed by atoms with E-state index < -0.39 is 0 Å². The van der Waals surface area contributed by atoms with E-state index in [0.717, 1.165) is 23.6 Å². The first-order valence-electron chi connectivity index (χ1n) is 3.62. The van der Waals surface area contributed by atoms with Crippen LogP contribution in [0.2, 0.25) is 0 Å². The molecule has 1 rings (SSSR count). The standard InChI is InChI=1S/C8H11ClO2/c9-7-1-3-8(4-2-7)11-6-5-10/h1,3,10H,2,4-6H2. The normalized spacial score (nSPS) is 17.3. The van der Waals surface area contributed by atoms with Crippen LogP contribution < -0.4 is 0 Å². The highest BCUT2D eigenvalue weighted by atomic mass is 35.5. The van der Waals surface area contributed by atoms with Crippen LogP contribution in [0.25, 0.3) is 0 Å². The fourth-order valence-electron chi connectivity index (χ4n) is 0.890. The van der Waals surface area contributed by atoms with Crippen LogP contribution in [0.1, 0.15) is 12.8 Å². The van der Waals surface area contributed by atoms with Crippen molar-refractivity contribution in [3.8, 4) is 0 Å². The van der Waals surface area contributed by atoms with Crippen molar-refractivity contribution in [2.45, 2.75) is 12.8 Å². The van der Waals surface area contributed by atoms with Gasteiger partial charge in [-0.15, -0.1) is 0 Å². The largest absolute Gasteiger partial charge is 0.496 e. The molecule has 3 heteroatoms. The molecule has 0 fully saturated rings. The number of aliphatic hydroxyl groups is 1. The average Bonchev–Trinajstić information content (AvgIpc) is 2.04. The third-order valence-corrected chi connectivity index (χ3v) is 1.75. The van der Waals surface area contributed by atoms with Crippen LogP contribution in [-0.4, -0.2) is 18.3 Å². The predicted octanol–water partition coefficient (Wildman–Crippen LogP) is 1.80. The van der Waals surface area contributed by atoms with Gasteiger partial charge in [0.25, 0.3) is 0 Å². The number of rotatable bonds is 3. The summed E-state index contributed by atoms with van der Waals surface area (Å²) in [6.45, 7) is 0.437. The molecule has 0 aliphatic heterocycles. The summed E-state index contributed by atoms with van der Waals surface area (Å²) >= 11 is 5.73. The van der Waals surface area contributed by atoms with E-state index >= 15 is 0 Å². The Kier molecular flexibility index (Phi) is 3.46. The van der Waals surface area contributed by atoms with Gasteiger partial charge in [-0.3, -0.25) is 0 Å². The second-order valence-electron chi connectivity index (χ2n) is 2.32. The average molecular weight is 175 g/mol. The van der Waals surface area contributed by atoms with Gasteiger partial charge in [-0.1, -0.05) is 11.6 Å². The van der Waals surface area contributed by atoms with Gasteiger partial charge in [-0.05, 0) is 18.6 Å². The Hall–Kier alpha value is -0.470. The highest BCUT2D eigenvalue weighted by Gasteiger charge is 2.04. The molecule has 0 aromatic heterocycles. The van der Waals surface area contributed by atoms with Crippen LogP contribution in [-0.2, 0) is 4.74 Å². The van der Waals surface area contributed by atoms with Crippen molar-refractivity contribution in [1.29, 1.82) is 0 Å². The van der Waals surface area contributed by atoms with Gasteiger partial charge in [0.15, 0.2) is 0 Å². The van der Waals surface area contributed by atoms with Crippen LogP contribution in [0.15, 0.2) is 22.9 Å². The Morgan fingerprint density at radius 1 is 1.45 bits per heavy atom. The summed E-state index contributed by atoms with van der Waals surface area (Å²) in [6.07, 6.45) is 5.37. The number of allylic oxidation sites excluding steroid dienone is 4. The molecule has 2 nitrogen and oxygen atoms in total. The predicted molar refractivity (Wildman–Crippen MR) is 44.3 cm³/mol. The maximum absolute atomic E-state index is 8.46. The van der Waals surface area contributed by atoms with E-state index in [2.05, 4.69) is 0 Å². The zero-order chi connectivity index (χ0) is 8.10. The molecule has 0 spiro atoms. The molecule has 11 heavy (non-hydrogen) atoms. The molecule has 0 saturated heterocycles. The van der Waals surface area contributed by atoms with Crippen molar-refractivity contribution >= 4 is 11.6 Å². The minimum absolute atomic E-state index is 0.0643. The molecule has 0 amide bonds. The molecule has 0 atom stereocenters. The van der Waals surface area contributed by atoms with Crippen LogP contribution in [0.3, 0.4) is 0 Å². The van der Waals surface area contributed by atoms with Crippen molar-refractivity contribution < 1.29 is 9.84 Å². The summed E-state index contributed by atoms with van der Waals surface area (Å²) in [5, 5.41) is 9.32. The molecule has 0 aromatic carbocycles. The second-order valence-corrected chi connectivity index (χ2v) is 2.80. The van der Waals surface area contributed by atoms with Crippen LogP contribution in [0, 0.1) is 0 Å². The van der Waals surface area contributed by atoms with Gasteiger partial charge in [-0.2, -0.15) is 0 Å². The molecule has 0 radical (unpaired) electrons. The Bertz CT molecular complexity index is 185. The third kappa shape index (κ3) is 2.95. The van der Waals surface area contributed by atoms with Crippen molar-refractivity contribution in [3.63, 3.8) is 0 Å². The van der Waals surface area contributed by atoms with Gasteiger partial charge in [-0.25, -0.2) is 0 Å². The highest BCUT2D eigenvalue weighted by molar-refractivity contribution is 6.29. The maximum atomic E-state index is 8.46. The summed E-state index contributed by atoms with van der Waals surface area (Å²) in [6, 6.07) is 0. The van der Waals surface area contributed by atoms with Gasteiger partial charge < -0.3 is 9.84 Å². The van der Waals surface area contributed by atoms with Gasteiger partial charge >= 0.3 is 0 Å². The van der Waals surface area contributed by atoms with Crippen LogP contribution in [0.5, 0.6) is 0 Å². The Morgan fingerprint density at radius 3 is 2.82 bits per heavy atom. The quantitative estimate of drug-likeness (QED) is 0.707. The van der Waals surface area contributed by atoms with Gasteiger partial charge in [0.2, 0.25) is 0 Å². The fourth-order valence-corrected chi connectivity index (χ4v) is 1.05.